The van der Waals surface area contributed by atoms with Gasteiger partial charge in [-0.1, -0.05) is 0 Å². The van der Waals surface area contributed by atoms with Crippen LogP contribution in [0.25, 0.3) is 0 Å². The average Bonchev–Trinajstić information content (AvgIpc) is 2.69. The van der Waals surface area contributed by atoms with Crippen molar-refractivity contribution in [2.45, 2.75) is 19.8 Å². The lowest BCUT2D eigenvalue weighted by Gasteiger charge is -2.33. The molecule has 0 bridgehead atoms. The van der Waals surface area contributed by atoms with E-state index in [0.29, 0.717) is 12.2 Å². The zero-order valence-corrected chi connectivity index (χ0v) is 14.8. The average molecular weight is 353 g/mol. The maximum absolute atomic E-state index is 12.1. The maximum Gasteiger partial charge on any atom is 0.275 e. The van der Waals surface area contributed by atoms with E-state index in [2.05, 4.69) is 25.5 Å². The van der Waals surface area contributed by atoms with Crippen LogP contribution in [-0.4, -0.2) is 41.4 Å². The summed E-state index contributed by atoms with van der Waals surface area (Å²) in [7, 11) is 0. The van der Waals surface area contributed by atoms with Gasteiger partial charge in [-0.05, 0) is 44.0 Å². The number of benzene rings is 1. The van der Waals surface area contributed by atoms with Gasteiger partial charge in [-0.25, -0.2) is 4.98 Å². The monoisotopic (exact) mass is 353 g/mol. The quantitative estimate of drug-likeness (QED) is 0.859. The Kier molecular flexibility index (Phi) is 5.78. The summed E-state index contributed by atoms with van der Waals surface area (Å²) in [4.78, 5) is 34.2. The molecule has 26 heavy (non-hydrogen) atoms. The molecule has 0 unspecified atom stereocenters. The van der Waals surface area contributed by atoms with Gasteiger partial charge in [0.25, 0.3) is 5.91 Å². The molecule has 136 valence electrons. The lowest BCUT2D eigenvalue weighted by Crippen LogP contribution is -2.40. The third-order valence-electron chi connectivity index (χ3n) is 4.50. The van der Waals surface area contributed by atoms with Gasteiger partial charge in [-0.3, -0.25) is 14.6 Å². The van der Waals surface area contributed by atoms with Crippen molar-refractivity contribution >= 4 is 23.2 Å². The van der Waals surface area contributed by atoms with E-state index in [1.807, 2.05) is 31.2 Å². The van der Waals surface area contributed by atoms with Gasteiger partial charge < -0.3 is 15.5 Å². The molecule has 1 fully saturated rings. The normalized spacial score (nSPS) is 14.7. The SMILES string of the molecule is CCNC(=O)C1CCN(c2ccc(NC(=O)c3cnccn3)cc2)CC1. The fraction of sp³-hybridized carbons (Fsp3) is 0.368. The van der Waals surface area contributed by atoms with E-state index in [1.54, 1.807) is 0 Å². The third-order valence-corrected chi connectivity index (χ3v) is 4.50. The molecule has 0 radical (unpaired) electrons. The van der Waals surface area contributed by atoms with Crippen LogP contribution < -0.4 is 15.5 Å². The predicted molar refractivity (Wildman–Crippen MR) is 100 cm³/mol. The summed E-state index contributed by atoms with van der Waals surface area (Å²) in [6, 6.07) is 7.72. The van der Waals surface area contributed by atoms with E-state index in [4.69, 9.17) is 0 Å². The molecule has 2 N–H and O–H groups in total. The zero-order valence-electron chi connectivity index (χ0n) is 14.8. The molecule has 0 spiro atoms. The summed E-state index contributed by atoms with van der Waals surface area (Å²) in [5, 5.41) is 5.71. The van der Waals surface area contributed by atoms with Crippen molar-refractivity contribution in [1.29, 1.82) is 0 Å². The van der Waals surface area contributed by atoms with Crippen molar-refractivity contribution in [1.82, 2.24) is 15.3 Å². The van der Waals surface area contributed by atoms with Crippen molar-refractivity contribution in [3.63, 3.8) is 0 Å². The number of hydrogen-bond donors (Lipinski definition) is 2. The van der Waals surface area contributed by atoms with Gasteiger partial charge in [0.05, 0.1) is 6.20 Å². The number of anilines is 2. The van der Waals surface area contributed by atoms with Gasteiger partial charge in [-0.15, -0.1) is 0 Å². The number of aromatic nitrogens is 2. The Morgan fingerprint density at radius 2 is 1.88 bits per heavy atom. The van der Waals surface area contributed by atoms with Crippen molar-refractivity contribution in [2.24, 2.45) is 5.92 Å². The molecule has 1 aromatic carbocycles. The van der Waals surface area contributed by atoms with E-state index in [9.17, 15) is 9.59 Å². The molecule has 1 aliphatic heterocycles. The molecule has 7 nitrogen and oxygen atoms in total. The molecule has 2 aromatic rings. The first-order chi connectivity index (χ1) is 12.7. The van der Waals surface area contributed by atoms with Gasteiger partial charge in [0.1, 0.15) is 5.69 Å². The van der Waals surface area contributed by atoms with Gasteiger partial charge in [-0.2, -0.15) is 0 Å². The number of rotatable bonds is 5. The van der Waals surface area contributed by atoms with Crippen LogP contribution in [-0.2, 0) is 4.79 Å². The Hall–Kier alpha value is -2.96. The topological polar surface area (TPSA) is 87.2 Å². The van der Waals surface area contributed by atoms with Crippen LogP contribution >= 0.6 is 0 Å². The Balaban J connectivity index is 1.55. The van der Waals surface area contributed by atoms with Crippen LogP contribution in [0.3, 0.4) is 0 Å². The largest absolute Gasteiger partial charge is 0.371 e. The first kappa shape index (κ1) is 17.8. The summed E-state index contributed by atoms with van der Waals surface area (Å²) < 4.78 is 0. The van der Waals surface area contributed by atoms with Crippen LogP contribution in [0.4, 0.5) is 11.4 Å². The lowest BCUT2D eigenvalue weighted by atomic mass is 9.95. The molecule has 2 heterocycles. The number of hydrogen-bond acceptors (Lipinski definition) is 5. The number of amides is 2. The molecular formula is C19H23N5O2. The van der Waals surface area contributed by atoms with Crippen molar-refractivity contribution in [2.75, 3.05) is 29.9 Å². The van der Waals surface area contributed by atoms with Gasteiger partial charge in [0.15, 0.2) is 0 Å². The molecule has 1 aromatic heterocycles. The Labute approximate surface area is 152 Å². The zero-order chi connectivity index (χ0) is 18.4. The molecule has 3 rings (SSSR count). The van der Waals surface area contributed by atoms with Gasteiger partial charge in [0, 0.05) is 49.3 Å². The highest BCUT2D eigenvalue weighted by Crippen LogP contribution is 2.24. The second-order valence-electron chi connectivity index (χ2n) is 6.25. The Morgan fingerprint density at radius 3 is 2.50 bits per heavy atom. The third kappa shape index (κ3) is 4.36. The molecule has 1 saturated heterocycles. The summed E-state index contributed by atoms with van der Waals surface area (Å²) in [6.07, 6.45) is 6.17. The number of nitrogens with one attached hydrogen (secondary N) is 2. The number of carbonyl (C=O) groups excluding carboxylic acids is 2. The van der Waals surface area contributed by atoms with E-state index < -0.39 is 0 Å². The Morgan fingerprint density at radius 1 is 1.15 bits per heavy atom. The minimum atomic E-state index is -0.284. The molecule has 1 aliphatic rings. The van der Waals surface area contributed by atoms with Crippen LogP contribution in [0.15, 0.2) is 42.9 Å². The fourth-order valence-corrected chi connectivity index (χ4v) is 3.09. The lowest BCUT2D eigenvalue weighted by molar-refractivity contribution is -0.125. The Bertz CT molecular complexity index is 740. The number of carbonyl (C=O) groups is 2. The highest BCUT2D eigenvalue weighted by atomic mass is 16.2. The van der Waals surface area contributed by atoms with Crippen molar-refractivity contribution in [3.05, 3.63) is 48.5 Å². The standard InChI is InChI=1S/C19H23N5O2/c1-2-21-18(25)14-7-11-24(12-8-14)16-5-3-15(4-6-16)23-19(26)17-13-20-9-10-22-17/h3-6,9-10,13-14H,2,7-8,11-12H2,1H3,(H,21,25)(H,23,26). The molecule has 0 atom stereocenters. The second kappa shape index (κ2) is 8.42. The summed E-state index contributed by atoms with van der Waals surface area (Å²) >= 11 is 0. The van der Waals surface area contributed by atoms with Gasteiger partial charge in [0.2, 0.25) is 5.91 Å². The minimum Gasteiger partial charge on any atom is -0.371 e. The summed E-state index contributed by atoms with van der Waals surface area (Å²) in [5.41, 5.74) is 2.09. The summed E-state index contributed by atoms with van der Waals surface area (Å²) in [6.45, 7) is 4.33. The van der Waals surface area contributed by atoms with E-state index in [1.165, 1.54) is 18.6 Å². The van der Waals surface area contributed by atoms with Crippen LogP contribution in [0.5, 0.6) is 0 Å². The molecule has 0 saturated carbocycles. The first-order valence-electron chi connectivity index (χ1n) is 8.87. The van der Waals surface area contributed by atoms with Crippen LogP contribution in [0, 0.1) is 5.92 Å². The van der Waals surface area contributed by atoms with Crippen LogP contribution in [0.2, 0.25) is 0 Å². The maximum atomic E-state index is 12.1. The molecule has 7 heteroatoms. The highest BCUT2D eigenvalue weighted by molar-refractivity contribution is 6.02. The van der Waals surface area contributed by atoms with Gasteiger partial charge >= 0.3 is 0 Å². The second-order valence-corrected chi connectivity index (χ2v) is 6.25. The molecular weight excluding hydrogens is 330 g/mol. The predicted octanol–water partition coefficient (Wildman–Crippen LogP) is 2.08. The van der Waals surface area contributed by atoms with E-state index >= 15 is 0 Å². The number of nitrogens with zero attached hydrogens (tertiary/aromatic N) is 3. The van der Waals surface area contributed by atoms with Crippen molar-refractivity contribution in [3.8, 4) is 0 Å². The van der Waals surface area contributed by atoms with Crippen molar-refractivity contribution < 1.29 is 9.59 Å². The smallest absolute Gasteiger partial charge is 0.275 e. The highest BCUT2D eigenvalue weighted by Gasteiger charge is 2.24. The summed E-state index contributed by atoms with van der Waals surface area (Å²) in [5.74, 6) is -0.0143. The molecule has 2 amide bonds. The van der Waals surface area contributed by atoms with Crippen LogP contribution in [0.1, 0.15) is 30.3 Å². The number of piperidine rings is 1. The fourth-order valence-electron chi connectivity index (χ4n) is 3.09. The molecule has 0 aliphatic carbocycles. The van der Waals surface area contributed by atoms with E-state index in [-0.39, 0.29) is 23.4 Å². The van der Waals surface area contributed by atoms with E-state index in [0.717, 1.165) is 31.6 Å². The minimum absolute atomic E-state index is 0.108. The first-order valence-corrected chi connectivity index (χ1v) is 8.87.